The molecule has 1 fully saturated rings. The van der Waals surface area contributed by atoms with Gasteiger partial charge in [0.15, 0.2) is 5.78 Å². The molecular formula is C15H22ClNO2. The highest BCUT2D eigenvalue weighted by Gasteiger charge is 2.40. The van der Waals surface area contributed by atoms with Gasteiger partial charge in [0, 0.05) is 20.1 Å². The molecule has 0 aliphatic heterocycles. The van der Waals surface area contributed by atoms with E-state index in [0.29, 0.717) is 25.4 Å². The van der Waals surface area contributed by atoms with E-state index in [1.54, 1.807) is 7.11 Å². The lowest BCUT2D eigenvalue weighted by molar-refractivity contribution is -0.128. The van der Waals surface area contributed by atoms with Gasteiger partial charge in [0.25, 0.3) is 0 Å². The first-order valence-electron chi connectivity index (χ1n) is 6.62. The maximum Gasteiger partial charge on any atom is 0.157 e. The van der Waals surface area contributed by atoms with E-state index < -0.39 is 5.54 Å². The van der Waals surface area contributed by atoms with E-state index in [0.717, 1.165) is 24.8 Å². The molecule has 3 nitrogen and oxygen atoms in total. The van der Waals surface area contributed by atoms with E-state index in [1.165, 1.54) is 0 Å². The van der Waals surface area contributed by atoms with Crippen LogP contribution in [0.3, 0.4) is 0 Å². The summed E-state index contributed by atoms with van der Waals surface area (Å²) in [6.45, 7) is 1.33. The lowest BCUT2D eigenvalue weighted by Crippen LogP contribution is -2.51. The molecule has 1 unspecified atom stereocenters. The number of carbonyl (C=O) groups is 1. The van der Waals surface area contributed by atoms with Gasteiger partial charge in [0.05, 0.1) is 6.61 Å². The van der Waals surface area contributed by atoms with Crippen LogP contribution >= 0.6 is 12.4 Å². The average molecular weight is 284 g/mol. The lowest BCUT2D eigenvalue weighted by atomic mass is 9.75. The second-order valence-electron chi connectivity index (χ2n) is 4.82. The molecule has 1 aromatic rings. The molecule has 106 valence electrons. The molecule has 0 heterocycles. The number of ketones is 1. The number of halogens is 1. The third-order valence-corrected chi connectivity index (χ3v) is 3.68. The standard InChI is InChI=1S/C15H21NO2.ClH/c1-18-12-11-16-15(10-6-5-9-14(15)17)13-7-3-2-4-8-13;/h2-4,7-8,16H,5-6,9-12H2,1H3;1H. The van der Waals surface area contributed by atoms with Crippen LogP contribution in [0.1, 0.15) is 31.2 Å². The molecule has 1 N–H and O–H groups in total. The second-order valence-corrected chi connectivity index (χ2v) is 4.82. The number of carbonyl (C=O) groups excluding carboxylic acids is 1. The molecule has 2 rings (SSSR count). The van der Waals surface area contributed by atoms with Crippen molar-refractivity contribution >= 4 is 18.2 Å². The Balaban J connectivity index is 0.00000180. The number of hydrogen-bond acceptors (Lipinski definition) is 3. The predicted octanol–water partition coefficient (Wildman–Crippen LogP) is 2.68. The largest absolute Gasteiger partial charge is 0.383 e. The minimum atomic E-state index is -0.488. The van der Waals surface area contributed by atoms with Crippen LogP contribution in [0.5, 0.6) is 0 Å². The predicted molar refractivity (Wildman–Crippen MR) is 78.7 cm³/mol. The summed E-state index contributed by atoms with van der Waals surface area (Å²) in [5.41, 5.74) is 0.601. The monoisotopic (exact) mass is 283 g/mol. The molecule has 1 atom stereocenters. The molecule has 1 aromatic carbocycles. The summed E-state index contributed by atoms with van der Waals surface area (Å²) >= 11 is 0. The van der Waals surface area contributed by atoms with E-state index in [1.807, 2.05) is 30.3 Å². The zero-order valence-corrected chi connectivity index (χ0v) is 12.2. The number of nitrogens with one attached hydrogen (secondary N) is 1. The van der Waals surface area contributed by atoms with Crippen LogP contribution in [0.4, 0.5) is 0 Å². The summed E-state index contributed by atoms with van der Waals surface area (Å²) in [4.78, 5) is 12.4. The van der Waals surface area contributed by atoms with Gasteiger partial charge >= 0.3 is 0 Å². The first kappa shape index (κ1) is 16.2. The van der Waals surface area contributed by atoms with Gasteiger partial charge in [-0.15, -0.1) is 12.4 Å². The van der Waals surface area contributed by atoms with Gasteiger partial charge in [-0.2, -0.15) is 0 Å². The number of rotatable bonds is 5. The van der Waals surface area contributed by atoms with Crippen molar-refractivity contribution < 1.29 is 9.53 Å². The molecule has 1 aliphatic carbocycles. The highest BCUT2D eigenvalue weighted by molar-refractivity contribution is 5.90. The molecule has 0 aromatic heterocycles. The van der Waals surface area contributed by atoms with Crippen LogP contribution in [0.2, 0.25) is 0 Å². The van der Waals surface area contributed by atoms with Crippen molar-refractivity contribution in [2.24, 2.45) is 0 Å². The van der Waals surface area contributed by atoms with Crippen molar-refractivity contribution in [1.82, 2.24) is 5.32 Å². The molecule has 0 amide bonds. The molecule has 0 saturated heterocycles. The quantitative estimate of drug-likeness (QED) is 0.845. The fourth-order valence-corrected chi connectivity index (χ4v) is 2.71. The van der Waals surface area contributed by atoms with Crippen molar-refractivity contribution in [1.29, 1.82) is 0 Å². The van der Waals surface area contributed by atoms with Crippen LogP contribution in [0.25, 0.3) is 0 Å². The minimum absolute atomic E-state index is 0. The fourth-order valence-electron chi connectivity index (χ4n) is 2.71. The topological polar surface area (TPSA) is 38.3 Å². The summed E-state index contributed by atoms with van der Waals surface area (Å²) < 4.78 is 5.08. The summed E-state index contributed by atoms with van der Waals surface area (Å²) in [5, 5.41) is 3.43. The number of hydrogen-bond donors (Lipinski definition) is 1. The van der Waals surface area contributed by atoms with Crippen molar-refractivity contribution in [3.8, 4) is 0 Å². The third kappa shape index (κ3) is 3.56. The second kappa shape index (κ2) is 7.63. The smallest absolute Gasteiger partial charge is 0.157 e. The Kier molecular flexibility index (Phi) is 6.49. The number of benzene rings is 1. The molecule has 0 spiro atoms. The van der Waals surface area contributed by atoms with Crippen LogP contribution in [-0.2, 0) is 15.1 Å². The number of methoxy groups -OCH3 is 1. The highest BCUT2D eigenvalue weighted by atomic mass is 35.5. The molecule has 4 heteroatoms. The van der Waals surface area contributed by atoms with Crippen LogP contribution in [0.15, 0.2) is 30.3 Å². The Morgan fingerprint density at radius 3 is 2.63 bits per heavy atom. The van der Waals surface area contributed by atoms with Crippen LogP contribution in [-0.4, -0.2) is 26.0 Å². The summed E-state index contributed by atoms with van der Waals surface area (Å²) in [7, 11) is 1.68. The Morgan fingerprint density at radius 2 is 2.00 bits per heavy atom. The van der Waals surface area contributed by atoms with Gasteiger partial charge in [-0.3, -0.25) is 10.1 Å². The Bertz CT molecular complexity index is 396. The van der Waals surface area contributed by atoms with E-state index in [-0.39, 0.29) is 12.4 Å². The number of ether oxygens (including phenoxy) is 1. The first-order chi connectivity index (χ1) is 8.79. The Morgan fingerprint density at radius 1 is 1.26 bits per heavy atom. The average Bonchev–Trinajstić information content (AvgIpc) is 2.42. The van der Waals surface area contributed by atoms with Crippen molar-refractivity contribution in [3.63, 3.8) is 0 Å². The summed E-state index contributed by atoms with van der Waals surface area (Å²) in [5.74, 6) is 0.316. The van der Waals surface area contributed by atoms with E-state index in [2.05, 4.69) is 5.32 Å². The van der Waals surface area contributed by atoms with E-state index >= 15 is 0 Å². The van der Waals surface area contributed by atoms with Crippen molar-refractivity contribution in [2.75, 3.05) is 20.3 Å². The molecule has 0 bridgehead atoms. The van der Waals surface area contributed by atoms with Gasteiger partial charge in [0.2, 0.25) is 0 Å². The minimum Gasteiger partial charge on any atom is -0.383 e. The van der Waals surface area contributed by atoms with Crippen LogP contribution < -0.4 is 5.32 Å². The van der Waals surface area contributed by atoms with Gasteiger partial charge < -0.3 is 4.74 Å². The summed E-state index contributed by atoms with van der Waals surface area (Å²) in [6, 6.07) is 10.1. The maximum absolute atomic E-state index is 12.4. The van der Waals surface area contributed by atoms with Gasteiger partial charge in [-0.05, 0) is 18.4 Å². The normalized spacial score (nSPS) is 22.9. The maximum atomic E-state index is 12.4. The zero-order chi connectivity index (χ0) is 12.8. The van der Waals surface area contributed by atoms with E-state index in [9.17, 15) is 4.79 Å². The SMILES string of the molecule is COCCNC1(c2ccccc2)CCCCC1=O.Cl. The first-order valence-corrected chi connectivity index (χ1v) is 6.62. The molecular weight excluding hydrogens is 262 g/mol. The number of Topliss-reactive ketones (excluding diaryl/α,β-unsaturated/α-hetero) is 1. The van der Waals surface area contributed by atoms with Crippen molar-refractivity contribution in [3.05, 3.63) is 35.9 Å². The molecule has 1 aliphatic rings. The van der Waals surface area contributed by atoms with Gasteiger partial charge in [0.1, 0.15) is 5.54 Å². The molecule has 1 saturated carbocycles. The van der Waals surface area contributed by atoms with E-state index in [4.69, 9.17) is 4.74 Å². The van der Waals surface area contributed by atoms with Gasteiger partial charge in [-0.1, -0.05) is 36.8 Å². The third-order valence-electron chi connectivity index (χ3n) is 3.68. The molecule has 0 radical (unpaired) electrons. The lowest BCUT2D eigenvalue weighted by Gasteiger charge is -2.37. The molecule has 19 heavy (non-hydrogen) atoms. The zero-order valence-electron chi connectivity index (χ0n) is 11.4. The fraction of sp³-hybridized carbons (Fsp3) is 0.533. The van der Waals surface area contributed by atoms with Gasteiger partial charge in [-0.25, -0.2) is 0 Å². The Labute approximate surface area is 121 Å². The Hall–Kier alpha value is -0.900. The summed E-state index contributed by atoms with van der Waals surface area (Å²) in [6.07, 6.45) is 3.68. The van der Waals surface area contributed by atoms with Crippen LogP contribution in [0, 0.1) is 0 Å². The van der Waals surface area contributed by atoms with Crippen molar-refractivity contribution in [2.45, 2.75) is 31.2 Å². The highest BCUT2D eigenvalue weighted by Crippen LogP contribution is 2.34.